The van der Waals surface area contributed by atoms with Gasteiger partial charge in [0.25, 0.3) is 0 Å². The Morgan fingerprint density at radius 3 is 2.48 bits per heavy atom. The number of rotatable bonds is 8. The van der Waals surface area contributed by atoms with Gasteiger partial charge in [0.1, 0.15) is 0 Å². The van der Waals surface area contributed by atoms with E-state index in [1.807, 2.05) is 35.4 Å². The summed E-state index contributed by atoms with van der Waals surface area (Å²) in [5, 5.41) is 3.43. The lowest BCUT2D eigenvalue weighted by atomic mass is 9.96. The second-order valence-electron chi connectivity index (χ2n) is 7.18. The number of carbonyl (C=O) groups is 1. The maximum Gasteiger partial charge on any atom is 0.242 e. The lowest BCUT2D eigenvalue weighted by Gasteiger charge is -2.34. The number of benzene rings is 1. The Balaban J connectivity index is 0.00000210. The number of carbonyl (C=O) groups excluding carboxylic acids is 1. The summed E-state index contributed by atoms with van der Waals surface area (Å²) >= 11 is 0. The van der Waals surface area contributed by atoms with Gasteiger partial charge in [0.2, 0.25) is 5.91 Å². The Labute approximate surface area is 186 Å². The molecule has 1 N–H and O–H groups in total. The van der Waals surface area contributed by atoms with Crippen LogP contribution >= 0.6 is 24.8 Å². The molecule has 3 rings (SSSR count). The van der Waals surface area contributed by atoms with E-state index in [4.69, 9.17) is 0 Å². The molecule has 1 aromatic heterocycles. The summed E-state index contributed by atoms with van der Waals surface area (Å²) in [7, 11) is 0. The minimum absolute atomic E-state index is 0. The average Bonchev–Trinajstić information content (AvgIpc) is 2.73. The maximum atomic E-state index is 12.9. The van der Waals surface area contributed by atoms with Crippen molar-refractivity contribution in [2.75, 3.05) is 37.6 Å². The van der Waals surface area contributed by atoms with Crippen LogP contribution in [0.5, 0.6) is 0 Å². The Morgan fingerprint density at radius 2 is 1.86 bits per heavy atom. The summed E-state index contributed by atoms with van der Waals surface area (Å²) in [5.41, 5.74) is 2.18. The highest BCUT2D eigenvalue weighted by molar-refractivity contribution is 5.85. The summed E-state index contributed by atoms with van der Waals surface area (Å²) in [5.74, 6) is 0.902. The predicted octanol–water partition coefficient (Wildman–Crippen LogP) is 3.78. The van der Waals surface area contributed by atoms with E-state index >= 15 is 0 Å². The van der Waals surface area contributed by atoms with Gasteiger partial charge in [-0.05, 0) is 55.6 Å². The van der Waals surface area contributed by atoms with E-state index in [1.165, 1.54) is 0 Å². The molecule has 29 heavy (non-hydrogen) atoms. The quantitative estimate of drug-likeness (QED) is 0.680. The summed E-state index contributed by atoms with van der Waals surface area (Å²) in [6.07, 6.45) is 5.82. The summed E-state index contributed by atoms with van der Waals surface area (Å²) < 4.78 is 0. The molecule has 1 amide bonds. The van der Waals surface area contributed by atoms with Crippen LogP contribution in [0.1, 0.15) is 25.3 Å². The highest BCUT2D eigenvalue weighted by atomic mass is 35.5. The zero-order valence-electron chi connectivity index (χ0n) is 17.0. The lowest BCUT2D eigenvalue weighted by molar-refractivity contribution is -0.131. The van der Waals surface area contributed by atoms with Gasteiger partial charge >= 0.3 is 0 Å². The van der Waals surface area contributed by atoms with Crippen molar-refractivity contribution in [1.82, 2.24) is 15.2 Å². The van der Waals surface area contributed by atoms with Gasteiger partial charge in [0.05, 0.1) is 6.54 Å². The van der Waals surface area contributed by atoms with Crippen LogP contribution in [-0.4, -0.2) is 48.5 Å². The summed E-state index contributed by atoms with van der Waals surface area (Å²) in [4.78, 5) is 21.3. The SMILES string of the molecule is CCNCC1CCN(C(=O)CN(Cc2cccnc2)c2ccccc2)CC1.Cl.Cl. The Bertz CT molecular complexity index is 694. The first-order valence-electron chi connectivity index (χ1n) is 9.93. The molecule has 0 spiro atoms. The van der Waals surface area contributed by atoms with Gasteiger partial charge in [-0.15, -0.1) is 24.8 Å². The van der Waals surface area contributed by atoms with Gasteiger partial charge in [-0.2, -0.15) is 0 Å². The van der Waals surface area contributed by atoms with Crippen LogP contribution in [0.2, 0.25) is 0 Å². The van der Waals surface area contributed by atoms with E-state index in [0.717, 1.165) is 50.3 Å². The lowest BCUT2D eigenvalue weighted by Crippen LogP contribution is -2.45. The van der Waals surface area contributed by atoms with Crippen LogP contribution in [-0.2, 0) is 11.3 Å². The predicted molar refractivity (Wildman–Crippen MR) is 124 cm³/mol. The fourth-order valence-electron chi connectivity index (χ4n) is 3.59. The van der Waals surface area contributed by atoms with E-state index in [0.29, 0.717) is 19.0 Å². The molecule has 0 saturated carbocycles. The first-order valence-corrected chi connectivity index (χ1v) is 9.93. The number of likely N-dealkylation sites (tertiary alicyclic amines) is 1. The number of hydrogen-bond acceptors (Lipinski definition) is 4. The first kappa shape index (κ1) is 25.2. The number of para-hydroxylation sites is 1. The molecule has 0 radical (unpaired) electrons. The molecule has 5 nitrogen and oxygen atoms in total. The molecule has 1 fully saturated rings. The molecular formula is C22H32Cl2N4O. The fourth-order valence-corrected chi connectivity index (χ4v) is 3.59. The third kappa shape index (κ3) is 7.84. The second-order valence-corrected chi connectivity index (χ2v) is 7.18. The van der Waals surface area contributed by atoms with Gasteiger partial charge in [-0.3, -0.25) is 9.78 Å². The van der Waals surface area contributed by atoms with Crippen LogP contribution < -0.4 is 10.2 Å². The highest BCUT2D eigenvalue weighted by Crippen LogP contribution is 2.19. The van der Waals surface area contributed by atoms with E-state index in [9.17, 15) is 4.79 Å². The standard InChI is InChI=1S/C22H30N4O.2ClH/c1-2-23-15-19-10-13-25(14-11-19)22(27)18-26(21-8-4-3-5-9-21)17-20-7-6-12-24-16-20;;/h3-9,12,16,19,23H,2,10-11,13-15,17-18H2,1H3;2*1H. The van der Waals surface area contributed by atoms with Crippen LogP contribution in [0.3, 0.4) is 0 Å². The minimum Gasteiger partial charge on any atom is -0.358 e. The van der Waals surface area contributed by atoms with Crippen molar-refractivity contribution >= 4 is 36.4 Å². The highest BCUT2D eigenvalue weighted by Gasteiger charge is 2.24. The van der Waals surface area contributed by atoms with Gasteiger partial charge in [0, 0.05) is 37.7 Å². The molecule has 160 valence electrons. The van der Waals surface area contributed by atoms with Gasteiger partial charge in [0.15, 0.2) is 0 Å². The maximum absolute atomic E-state index is 12.9. The molecule has 0 atom stereocenters. The van der Waals surface area contributed by atoms with Crippen LogP contribution in [0, 0.1) is 5.92 Å². The number of nitrogens with zero attached hydrogens (tertiary/aromatic N) is 3. The van der Waals surface area contributed by atoms with Crippen molar-refractivity contribution in [1.29, 1.82) is 0 Å². The smallest absolute Gasteiger partial charge is 0.242 e. The zero-order valence-corrected chi connectivity index (χ0v) is 18.6. The van der Waals surface area contributed by atoms with Crippen LogP contribution in [0.4, 0.5) is 5.69 Å². The number of anilines is 1. The second kappa shape index (κ2) is 13.4. The monoisotopic (exact) mass is 438 g/mol. The van der Waals surface area contributed by atoms with Gasteiger partial charge in [-0.25, -0.2) is 0 Å². The molecule has 2 aromatic rings. The topological polar surface area (TPSA) is 48.5 Å². The number of piperidine rings is 1. The molecule has 1 aliphatic heterocycles. The van der Waals surface area contributed by atoms with E-state index < -0.39 is 0 Å². The minimum atomic E-state index is 0. The largest absolute Gasteiger partial charge is 0.358 e. The van der Waals surface area contributed by atoms with E-state index in [1.54, 1.807) is 6.20 Å². The zero-order chi connectivity index (χ0) is 18.9. The molecule has 0 aliphatic carbocycles. The number of amides is 1. The molecule has 1 aromatic carbocycles. The van der Waals surface area contributed by atoms with Crippen molar-refractivity contribution < 1.29 is 4.79 Å². The number of halogens is 2. The summed E-state index contributed by atoms with van der Waals surface area (Å²) in [6.45, 7) is 7.03. The molecular weight excluding hydrogens is 407 g/mol. The van der Waals surface area contributed by atoms with Crippen molar-refractivity contribution in [2.45, 2.75) is 26.3 Å². The van der Waals surface area contributed by atoms with Crippen molar-refractivity contribution in [3.05, 3.63) is 60.4 Å². The first-order chi connectivity index (χ1) is 13.3. The van der Waals surface area contributed by atoms with Gasteiger partial charge in [-0.1, -0.05) is 31.2 Å². The third-order valence-electron chi connectivity index (χ3n) is 5.19. The molecule has 2 heterocycles. The van der Waals surface area contributed by atoms with E-state index in [2.05, 4.69) is 40.3 Å². The Morgan fingerprint density at radius 1 is 1.14 bits per heavy atom. The van der Waals surface area contributed by atoms with Gasteiger partial charge < -0.3 is 15.1 Å². The van der Waals surface area contributed by atoms with Crippen LogP contribution in [0.25, 0.3) is 0 Å². The number of nitrogens with one attached hydrogen (secondary N) is 1. The van der Waals surface area contributed by atoms with E-state index in [-0.39, 0.29) is 30.7 Å². The number of aromatic nitrogens is 1. The Hall–Kier alpha value is -1.82. The molecule has 0 unspecified atom stereocenters. The average molecular weight is 439 g/mol. The normalized spacial score (nSPS) is 13.9. The molecule has 1 aliphatic rings. The van der Waals surface area contributed by atoms with Crippen molar-refractivity contribution in [2.24, 2.45) is 5.92 Å². The molecule has 7 heteroatoms. The Kier molecular flexibility index (Phi) is 11.7. The molecule has 1 saturated heterocycles. The fraction of sp³-hybridized carbons (Fsp3) is 0.455. The number of hydrogen-bond donors (Lipinski definition) is 1. The summed E-state index contributed by atoms with van der Waals surface area (Å²) in [6, 6.07) is 14.2. The van der Waals surface area contributed by atoms with Crippen LogP contribution in [0.15, 0.2) is 54.9 Å². The third-order valence-corrected chi connectivity index (χ3v) is 5.19. The number of pyridine rings is 1. The van der Waals surface area contributed by atoms with Crippen molar-refractivity contribution in [3.63, 3.8) is 0 Å². The van der Waals surface area contributed by atoms with Crippen molar-refractivity contribution in [3.8, 4) is 0 Å². The molecule has 0 bridgehead atoms.